The summed E-state index contributed by atoms with van der Waals surface area (Å²) < 4.78 is 2.02. The third kappa shape index (κ3) is 5.49. The van der Waals surface area contributed by atoms with E-state index in [1.54, 1.807) is 12.4 Å². The molecule has 0 aliphatic heterocycles. The smallest absolute Gasteiger partial charge is 0.230 e. The molecule has 1 atom stereocenters. The van der Waals surface area contributed by atoms with E-state index < -0.39 is 0 Å². The van der Waals surface area contributed by atoms with Gasteiger partial charge in [0, 0.05) is 18.0 Å². The lowest BCUT2D eigenvalue weighted by Crippen LogP contribution is -2.30. The van der Waals surface area contributed by atoms with Crippen LogP contribution in [-0.4, -0.2) is 31.4 Å². The summed E-state index contributed by atoms with van der Waals surface area (Å²) in [5.41, 5.74) is 4.14. The number of aryl methyl sites for hydroxylation is 1. The van der Waals surface area contributed by atoms with Crippen molar-refractivity contribution < 1.29 is 4.79 Å². The van der Waals surface area contributed by atoms with Crippen LogP contribution in [0.5, 0.6) is 0 Å². The second-order valence-corrected chi connectivity index (χ2v) is 8.71. The van der Waals surface area contributed by atoms with E-state index in [9.17, 15) is 4.79 Å². The number of benzene rings is 2. The second-order valence-electron chi connectivity index (χ2n) is 7.77. The molecule has 0 unspecified atom stereocenters. The molecule has 33 heavy (non-hydrogen) atoms. The van der Waals surface area contributed by atoms with Crippen molar-refractivity contribution in [1.29, 1.82) is 0 Å². The summed E-state index contributed by atoms with van der Waals surface area (Å²) in [6.07, 6.45) is 5.36. The Bertz CT molecular complexity index is 1190. The van der Waals surface area contributed by atoms with Crippen LogP contribution in [0, 0.1) is 6.92 Å². The quantitative estimate of drug-likeness (QED) is 0.341. The maximum absolute atomic E-state index is 12.9. The molecule has 0 bridgehead atoms. The summed E-state index contributed by atoms with van der Waals surface area (Å²) in [7, 11) is 0. The molecular weight excluding hydrogens is 430 g/mol. The van der Waals surface area contributed by atoms with Crippen LogP contribution in [-0.2, 0) is 4.79 Å². The van der Waals surface area contributed by atoms with Crippen LogP contribution in [0.2, 0.25) is 0 Å². The third-order valence-electron chi connectivity index (χ3n) is 5.38. The first-order chi connectivity index (χ1) is 16.2. The lowest BCUT2D eigenvalue weighted by Gasteiger charge is -2.18. The van der Waals surface area contributed by atoms with Crippen molar-refractivity contribution in [3.8, 4) is 17.1 Å². The zero-order valence-corrected chi connectivity index (χ0v) is 19.6. The van der Waals surface area contributed by atoms with Gasteiger partial charge in [-0.05, 0) is 42.7 Å². The normalized spacial score (nSPS) is 11.8. The molecule has 4 rings (SSSR count). The van der Waals surface area contributed by atoms with E-state index in [1.165, 1.54) is 11.8 Å². The van der Waals surface area contributed by atoms with E-state index in [-0.39, 0.29) is 17.7 Å². The molecule has 1 N–H and O–H groups in total. The van der Waals surface area contributed by atoms with E-state index in [0.29, 0.717) is 5.16 Å². The standard InChI is InChI=1S/C26H27N5OS/c1-3-9-22(20-11-5-4-6-12-20)28-24(32)18-33-26-30-29-25(21-14-16-27-17-15-21)31(26)23-13-8-7-10-19(23)2/h4-8,10-17,22H,3,9,18H2,1-2H3,(H,28,32)/t22-/m1/s1. The van der Waals surface area contributed by atoms with Gasteiger partial charge in [0.05, 0.1) is 17.5 Å². The van der Waals surface area contributed by atoms with Crippen LogP contribution in [0.25, 0.3) is 17.1 Å². The molecular formula is C26H27N5OS. The van der Waals surface area contributed by atoms with Crippen molar-refractivity contribution in [3.05, 3.63) is 90.3 Å². The highest BCUT2D eigenvalue weighted by molar-refractivity contribution is 7.99. The number of carbonyl (C=O) groups is 1. The Balaban J connectivity index is 1.56. The number of para-hydroxylation sites is 1. The van der Waals surface area contributed by atoms with Crippen LogP contribution in [0.1, 0.15) is 36.9 Å². The maximum atomic E-state index is 12.9. The van der Waals surface area contributed by atoms with Crippen molar-refractivity contribution in [2.45, 2.75) is 37.9 Å². The summed E-state index contributed by atoms with van der Waals surface area (Å²) in [6, 6.07) is 22.0. The van der Waals surface area contributed by atoms with Gasteiger partial charge < -0.3 is 5.32 Å². The molecule has 1 amide bonds. The summed E-state index contributed by atoms with van der Waals surface area (Å²) in [5, 5.41) is 12.8. The van der Waals surface area contributed by atoms with E-state index in [2.05, 4.69) is 52.5 Å². The molecule has 0 radical (unpaired) electrons. The number of hydrogen-bond donors (Lipinski definition) is 1. The van der Waals surface area contributed by atoms with Gasteiger partial charge in [-0.3, -0.25) is 14.3 Å². The fourth-order valence-corrected chi connectivity index (χ4v) is 4.50. The Morgan fingerprint density at radius 1 is 1.00 bits per heavy atom. The fourth-order valence-electron chi connectivity index (χ4n) is 3.75. The Labute approximate surface area is 198 Å². The summed E-state index contributed by atoms with van der Waals surface area (Å²) >= 11 is 1.39. The third-order valence-corrected chi connectivity index (χ3v) is 6.30. The summed E-state index contributed by atoms with van der Waals surface area (Å²) in [5.74, 6) is 0.961. The summed E-state index contributed by atoms with van der Waals surface area (Å²) in [4.78, 5) is 17.0. The predicted molar refractivity (Wildman–Crippen MR) is 132 cm³/mol. The Morgan fingerprint density at radius 3 is 2.45 bits per heavy atom. The zero-order chi connectivity index (χ0) is 23.0. The molecule has 0 aliphatic rings. The molecule has 0 spiro atoms. The molecule has 6 nitrogen and oxygen atoms in total. The number of thioether (sulfide) groups is 1. The fraction of sp³-hybridized carbons (Fsp3) is 0.231. The van der Waals surface area contributed by atoms with Gasteiger partial charge in [-0.1, -0.05) is 73.6 Å². The Morgan fingerprint density at radius 2 is 1.73 bits per heavy atom. The van der Waals surface area contributed by atoms with Crippen molar-refractivity contribution in [2.24, 2.45) is 0 Å². The minimum atomic E-state index is -0.0212. The van der Waals surface area contributed by atoms with Crippen LogP contribution < -0.4 is 5.32 Å². The molecule has 2 aromatic heterocycles. The molecule has 2 heterocycles. The van der Waals surface area contributed by atoms with Gasteiger partial charge in [-0.15, -0.1) is 10.2 Å². The van der Waals surface area contributed by atoms with Gasteiger partial charge >= 0.3 is 0 Å². The number of nitrogens with zero attached hydrogens (tertiary/aromatic N) is 4. The van der Waals surface area contributed by atoms with E-state index in [1.807, 2.05) is 53.1 Å². The molecule has 2 aromatic carbocycles. The molecule has 0 saturated carbocycles. The molecule has 0 saturated heterocycles. The minimum Gasteiger partial charge on any atom is -0.349 e. The first-order valence-electron chi connectivity index (χ1n) is 11.1. The highest BCUT2D eigenvalue weighted by Crippen LogP contribution is 2.29. The Hall–Kier alpha value is -3.45. The van der Waals surface area contributed by atoms with Gasteiger partial charge in [-0.2, -0.15) is 0 Å². The largest absolute Gasteiger partial charge is 0.349 e. The van der Waals surface area contributed by atoms with Gasteiger partial charge in [0.25, 0.3) is 0 Å². The first-order valence-corrected chi connectivity index (χ1v) is 12.0. The number of rotatable bonds is 9. The number of amides is 1. The number of nitrogens with one attached hydrogen (secondary N) is 1. The van der Waals surface area contributed by atoms with E-state index >= 15 is 0 Å². The first kappa shape index (κ1) is 22.7. The van der Waals surface area contributed by atoms with Crippen LogP contribution >= 0.6 is 11.8 Å². The van der Waals surface area contributed by atoms with Crippen LogP contribution in [0.4, 0.5) is 0 Å². The number of carbonyl (C=O) groups excluding carboxylic acids is 1. The van der Waals surface area contributed by atoms with E-state index in [0.717, 1.165) is 41.0 Å². The Kier molecular flexibility index (Phi) is 7.52. The van der Waals surface area contributed by atoms with Gasteiger partial charge in [0.15, 0.2) is 11.0 Å². The molecule has 7 heteroatoms. The number of aromatic nitrogens is 4. The zero-order valence-electron chi connectivity index (χ0n) is 18.8. The molecule has 0 aliphatic carbocycles. The lowest BCUT2D eigenvalue weighted by molar-refractivity contribution is -0.119. The minimum absolute atomic E-state index is 0.00548. The van der Waals surface area contributed by atoms with Crippen molar-refractivity contribution in [1.82, 2.24) is 25.1 Å². The monoisotopic (exact) mass is 457 g/mol. The number of pyridine rings is 1. The van der Waals surface area contributed by atoms with Crippen LogP contribution in [0.15, 0.2) is 84.3 Å². The second kappa shape index (κ2) is 10.9. The average Bonchev–Trinajstić information content (AvgIpc) is 3.27. The van der Waals surface area contributed by atoms with E-state index in [4.69, 9.17) is 0 Å². The van der Waals surface area contributed by atoms with Crippen molar-refractivity contribution in [3.63, 3.8) is 0 Å². The highest BCUT2D eigenvalue weighted by Gasteiger charge is 2.19. The highest BCUT2D eigenvalue weighted by atomic mass is 32.2. The topological polar surface area (TPSA) is 72.7 Å². The molecule has 4 aromatic rings. The maximum Gasteiger partial charge on any atom is 0.230 e. The summed E-state index contributed by atoms with van der Waals surface area (Å²) in [6.45, 7) is 4.18. The molecule has 0 fully saturated rings. The SMILES string of the molecule is CCC[C@@H](NC(=O)CSc1nnc(-c2ccncc2)n1-c1ccccc1C)c1ccccc1. The van der Waals surface area contributed by atoms with Gasteiger partial charge in [0.1, 0.15) is 0 Å². The molecule has 168 valence electrons. The lowest BCUT2D eigenvalue weighted by atomic mass is 10.0. The van der Waals surface area contributed by atoms with Crippen LogP contribution in [0.3, 0.4) is 0 Å². The van der Waals surface area contributed by atoms with Gasteiger partial charge in [0.2, 0.25) is 5.91 Å². The van der Waals surface area contributed by atoms with Gasteiger partial charge in [-0.25, -0.2) is 0 Å². The average molecular weight is 458 g/mol. The predicted octanol–water partition coefficient (Wildman–Crippen LogP) is 5.39. The van der Waals surface area contributed by atoms with Crippen molar-refractivity contribution in [2.75, 3.05) is 5.75 Å². The van der Waals surface area contributed by atoms with Crippen molar-refractivity contribution >= 4 is 17.7 Å². The number of hydrogen-bond acceptors (Lipinski definition) is 5.